The van der Waals surface area contributed by atoms with Crippen LogP contribution in [0.25, 0.3) is 21.8 Å². The van der Waals surface area contributed by atoms with Crippen molar-refractivity contribution in [3.63, 3.8) is 0 Å². The zero-order valence-electron chi connectivity index (χ0n) is 13.8. The van der Waals surface area contributed by atoms with Crippen LogP contribution in [-0.4, -0.2) is 16.3 Å². The van der Waals surface area contributed by atoms with Crippen LogP contribution < -0.4 is 4.74 Å². The summed E-state index contributed by atoms with van der Waals surface area (Å²) in [5, 5.41) is 1.90. The number of carbonyl (C=O) groups excluding carboxylic acids is 1. The largest absolute Gasteiger partial charge is 0.486 e. The summed E-state index contributed by atoms with van der Waals surface area (Å²) in [4.78, 5) is 20.8. The second-order valence-electron chi connectivity index (χ2n) is 5.85. The second kappa shape index (κ2) is 6.32. The van der Waals surface area contributed by atoms with Gasteiger partial charge in [0.1, 0.15) is 12.4 Å². The maximum absolute atomic E-state index is 11.6. The number of fused-ring (bicyclic) bond motifs is 2. The molecule has 4 aromatic rings. The number of aromatic nitrogens is 2. The Hall–Kier alpha value is -3.27. The molecule has 122 valence electrons. The molecule has 1 aromatic heterocycles. The highest BCUT2D eigenvalue weighted by molar-refractivity contribution is 6.00. The first-order valence-electron chi connectivity index (χ1n) is 8.08. The molecule has 0 aliphatic heterocycles. The molecule has 0 N–H and O–H groups in total. The number of ether oxygens (including phenoxy) is 1. The quantitative estimate of drug-likeness (QED) is 0.518. The van der Waals surface area contributed by atoms with E-state index in [4.69, 9.17) is 4.74 Å². The van der Waals surface area contributed by atoms with Crippen LogP contribution in [0.1, 0.15) is 21.7 Å². The van der Waals surface area contributed by atoms with Gasteiger partial charge in [0.25, 0.3) is 0 Å². The van der Waals surface area contributed by atoms with Gasteiger partial charge in [0, 0.05) is 0 Å². The summed E-state index contributed by atoms with van der Waals surface area (Å²) in [5.74, 6) is 0.558. The first-order valence-corrected chi connectivity index (χ1v) is 8.08. The van der Waals surface area contributed by atoms with Crippen LogP contribution in [0.2, 0.25) is 0 Å². The number of hydrogen-bond acceptors (Lipinski definition) is 4. The van der Waals surface area contributed by atoms with E-state index >= 15 is 0 Å². The van der Waals surface area contributed by atoms with E-state index in [1.54, 1.807) is 0 Å². The summed E-state index contributed by atoms with van der Waals surface area (Å²) in [6.45, 7) is 2.18. The van der Waals surface area contributed by atoms with Crippen LogP contribution in [0.5, 0.6) is 5.75 Å². The molecule has 0 saturated heterocycles. The van der Waals surface area contributed by atoms with E-state index in [-0.39, 0.29) is 6.61 Å². The van der Waals surface area contributed by atoms with E-state index in [1.807, 2.05) is 67.6 Å². The number of hydrogen-bond donors (Lipinski definition) is 0. The lowest BCUT2D eigenvalue weighted by molar-refractivity contribution is 0.112. The van der Waals surface area contributed by atoms with Crippen molar-refractivity contribution in [1.82, 2.24) is 9.97 Å². The minimum Gasteiger partial charge on any atom is -0.486 e. The summed E-state index contributed by atoms with van der Waals surface area (Å²) >= 11 is 0. The van der Waals surface area contributed by atoms with Crippen LogP contribution in [0.15, 0.2) is 60.7 Å². The number of aldehydes is 1. The average molecular weight is 328 g/mol. The van der Waals surface area contributed by atoms with Crippen molar-refractivity contribution in [3.8, 4) is 5.75 Å². The second-order valence-corrected chi connectivity index (χ2v) is 5.85. The van der Waals surface area contributed by atoms with Crippen molar-refractivity contribution >= 4 is 28.1 Å². The molecular weight excluding hydrogens is 312 g/mol. The lowest BCUT2D eigenvalue weighted by Crippen LogP contribution is -2.05. The number of para-hydroxylation sites is 2. The van der Waals surface area contributed by atoms with Crippen molar-refractivity contribution in [1.29, 1.82) is 0 Å². The third-order valence-electron chi connectivity index (χ3n) is 4.26. The van der Waals surface area contributed by atoms with Gasteiger partial charge in [0.05, 0.1) is 28.0 Å². The monoisotopic (exact) mass is 328 g/mol. The fourth-order valence-electron chi connectivity index (χ4n) is 2.93. The smallest absolute Gasteiger partial charge is 0.154 e. The van der Waals surface area contributed by atoms with E-state index in [0.717, 1.165) is 39.5 Å². The van der Waals surface area contributed by atoms with E-state index in [1.165, 1.54) is 0 Å². The molecule has 3 aromatic carbocycles. The van der Waals surface area contributed by atoms with E-state index in [9.17, 15) is 4.79 Å². The fourth-order valence-corrected chi connectivity index (χ4v) is 2.93. The van der Waals surface area contributed by atoms with Gasteiger partial charge in [-0.2, -0.15) is 0 Å². The zero-order valence-corrected chi connectivity index (χ0v) is 13.8. The highest BCUT2D eigenvalue weighted by Crippen LogP contribution is 2.27. The summed E-state index contributed by atoms with van der Waals surface area (Å²) in [5.41, 5.74) is 3.85. The third-order valence-corrected chi connectivity index (χ3v) is 4.26. The third kappa shape index (κ3) is 2.83. The van der Waals surface area contributed by atoms with Crippen LogP contribution >= 0.6 is 0 Å². The lowest BCUT2D eigenvalue weighted by Gasteiger charge is -2.12. The average Bonchev–Trinajstić information content (AvgIpc) is 2.65. The molecule has 0 saturated carbocycles. The summed E-state index contributed by atoms with van der Waals surface area (Å²) in [6, 6.07) is 19.3. The summed E-state index contributed by atoms with van der Waals surface area (Å²) in [6.07, 6.45) is 0.844. The fraction of sp³-hybridized carbons (Fsp3) is 0.0952. The van der Waals surface area contributed by atoms with Crippen molar-refractivity contribution in [3.05, 3.63) is 77.6 Å². The van der Waals surface area contributed by atoms with Crippen LogP contribution in [0, 0.1) is 6.92 Å². The Morgan fingerprint density at radius 2 is 1.64 bits per heavy atom. The lowest BCUT2D eigenvalue weighted by atomic mass is 10.0. The number of rotatable bonds is 4. The molecule has 0 atom stereocenters. The van der Waals surface area contributed by atoms with Gasteiger partial charge in [-0.05, 0) is 35.9 Å². The zero-order chi connectivity index (χ0) is 17.2. The summed E-state index contributed by atoms with van der Waals surface area (Å²) < 4.78 is 5.92. The van der Waals surface area contributed by atoms with Crippen LogP contribution in [0.3, 0.4) is 0 Å². The number of nitrogens with zero attached hydrogens (tertiary/aromatic N) is 2. The maximum atomic E-state index is 11.6. The van der Waals surface area contributed by atoms with Gasteiger partial charge >= 0.3 is 0 Å². The Labute approximate surface area is 145 Å². The predicted octanol–water partition coefficient (Wildman–Crippen LogP) is 4.48. The predicted molar refractivity (Wildman–Crippen MR) is 97.9 cm³/mol. The van der Waals surface area contributed by atoms with Gasteiger partial charge in [-0.15, -0.1) is 0 Å². The molecule has 4 heteroatoms. The van der Waals surface area contributed by atoms with Crippen molar-refractivity contribution in [2.24, 2.45) is 0 Å². The molecule has 0 amide bonds. The Kier molecular flexibility index (Phi) is 3.86. The molecule has 1 heterocycles. The van der Waals surface area contributed by atoms with Gasteiger partial charge < -0.3 is 4.74 Å². The summed E-state index contributed by atoms with van der Waals surface area (Å²) in [7, 11) is 0. The van der Waals surface area contributed by atoms with Gasteiger partial charge in [-0.3, -0.25) is 4.79 Å². The molecule has 4 nitrogen and oxygen atoms in total. The minimum atomic E-state index is 0.267. The highest BCUT2D eigenvalue weighted by atomic mass is 16.5. The molecule has 0 fully saturated rings. The highest BCUT2D eigenvalue weighted by Gasteiger charge is 2.10. The molecule has 0 aliphatic rings. The molecule has 0 bridgehead atoms. The molecule has 0 aliphatic carbocycles. The molecule has 0 spiro atoms. The van der Waals surface area contributed by atoms with Gasteiger partial charge in [-0.25, -0.2) is 9.97 Å². The van der Waals surface area contributed by atoms with Crippen molar-refractivity contribution < 1.29 is 9.53 Å². The number of carbonyl (C=O) groups is 1. The molecule has 0 radical (unpaired) electrons. The normalized spacial score (nSPS) is 10.9. The van der Waals surface area contributed by atoms with E-state index < -0.39 is 0 Å². The van der Waals surface area contributed by atoms with E-state index in [2.05, 4.69) is 9.97 Å². The Balaban J connectivity index is 1.68. The minimum absolute atomic E-state index is 0.267. The van der Waals surface area contributed by atoms with Gasteiger partial charge in [0.2, 0.25) is 0 Å². The Bertz CT molecular complexity index is 1090. The maximum Gasteiger partial charge on any atom is 0.154 e. The molecule has 0 unspecified atom stereocenters. The molecular formula is C21H16N2O2. The first-order chi connectivity index (χ1) is 12.3. The number of benzene rings is 3. The number of aryl methyl sites for hydroxylation is 1. The Morgan fingerprint density at radius 3 is 2.44 bits per heavy atom. The van der Waals surface area contributed by atoms with E-state index in [0.29, 0.717) is 11.3 Å². The van der Waals surface area contributed by atoms with Crippen molar-refractivity contribution in [2.45, 2.75) is 13.5 Å². The molecule has 4 rings (SSSR count). The molecule has 25 heavy (non-hydrogen) atoms. The standard InChI is InChI=1S/C21H16N2O2/c1-14-20(23-19-9-5-4-8-18(19)22-14)13-25-21-11-10-15-6-2-3-7-16(15)17(21)12-24/h2-12H,13H2,1H3. The van der Waals surface area contributed by atoms with Gasteiger partial charge in [0.15, 0.2) is 6.29 Å². The Morgan fingerprint density at radius 1 is 0.920 bits per heavy atom. The topological polar surface area (TPSA) is 52.1 Å². The van der Waals surface area contributed by atoms with Crippen molar-refractivity contribution in [2.75, 3.05) is 0 Å². The first kappa shape index (κ1) is 15.3. The SMILES string of the molecule is Cc1nc2ccccc2nc1COc1ccc2ccccc2c1C=O. The van der Waals surface area contributed by atoms with Crippen LogP contribution in [0.4, 0.5) is 0 Å². The van der Waals surface area contributed by atoms with Crippen LogP contribution in [-0.2, 0) is 6.61 Å². The van der Waals surface area contributed by atoms with Gasteiger partial charge in [-0.1, -0.05) is 42.5 Å².